The third kappa shape index (κ3) is 1.39. The topological polar surface area (TPSA) is 50.1 Å². The van der Waals surface area contributed by atoms with E-state index in [-0.39, 0.29) is 5.92 Å². The minimum Gasteiger partial charge on any atom is -0.425 e. The SMILES string of the molecule is CC1c2c(ccc3ccccc23)OC(=O)C1C#N. The summed E-state index contributed by atoms with van der Waals surface area (Å²) in [6, 6.07) is 13.7. The van der Waals surface area contributed by atoms with E-state index in [1.54, 1.807) is 6.07 Å². The molecule has 88 valence electrons. The molecule has 1 aliphatic rings. The Labute approximate surface area is 105 Å². The number of fused-ring (bicyclic) bond motifs is 3. The van der Waals surface area contributed by atoms with Crippen molar-refractivity contribution in [2.24, 2.45) is 5.92 Å². The number of benzene rings is 2. The number of rotatable bonds is 0. The molecule has 2 aromatic carbocycles. The van der Waals surface area contributed by atoms with Gasteiger partial charge in [0, 0.05) is 11.5 Å². The molecule has 0 aromatic heterocycles. The standard InChI is InChI=1S/C15H11NO2/c1-9-12(8-16)15(17)18-13-7-6-10-4-2-3-5-11(10)14(9)13/h2-7,9,12H,1H3. The summed E-state index contributed by atoms with van der Waals surface area (Å²) in [5, 5.41) is 11.2. The highest BCUT2D eigenvalue weighted by Crippen LogP contribution is 2.41. The number of hydrogen-bond acceptors (Lipinski definition) is 3. The van der Waals surface area contributed by atoms with Gasteiger partial charge in [0.05, 0.1) is 6.07 Å². The molecule has 2 atom stereocenters. The van der Waals surface area contributed by atoms with Crippen LogP contribution >= 0.6 is 0 Å². The molecule has 3 rings (SSSR count). The van der Waals surface area contributed by atoms with E-state index in [9.17, 15) is 4.79 Å². The van der Waals surface area contributed by atoms with E-state index in [2.05, 4.69) is 0 Å². The number of ether oxygens (including phenoxy) is 1. The van der Waals surface area contributed by atoms with Gasteiger partial charge in [0.15, 0.2) is 5.92 Å². The van der Waals surface area contributed by atoms with Crippen molar-refractivity contribution < 1.29 is 9.53 Å². The average Bonchev–Trinajstić information content (AvgIpc) is 2.38. The lowest BCUT2D eigenvalue weighted by molar-refractivity contribution is -0.138. The van der Waals surface area contributed by atoms with Crippen molar-refractivity contribution in [2.75, 3.05) is 0 Å². The normalized spacial score (nSPS) is 22.1. The molecule has 0 saturated heterocycles. The Morgan fingerprint density at radius 3 is 2.78 bits per heavy atom. The fourth-order valence-electron chi connectivity index (χ4n) is 2.54. The van der Waals surface area contributed by atoms with Crippen molar-refractivity contribution in [1.82, 2.24) is 0 Å². The smallest absolute Gasteiger partial charge is 0.329 e. The van der Waals surface area contributed by atoms with Gasteiger partial charge in [0.1, 0.15) is 5.75 Å². The van der Waals surface area contributed by atoms with Gasteiger partial charge in [-0.1, -0.05) is 37.3 Å². The fourth-order valence-corrected chi connectivity index (χ4v) is 2.54. The molecule has 1 aliphatic heterocycles. The van der Waals surface area contributed by atoms with E-state index in [4.69, 9.17) is 10.00 Å². The average molecular weight is 237 g/mol. The van der Waals surface area contributed by atoms with E-state index >= 15 is 0 Å². The molecule has 1 heterocycles. The maximum atomic E-state index is 11.7. The lowest BCUT2D eigenvalue weighted by Gasteiger charge is -2.26. The van der Waals surface area contributed by atoms with Gasteiger partial charge in [-0.05, 0) is 16.8 Å². The van der Waals surface area contributed by atoms with Crippen LogP contribution in [0.4, 0.5) is 0 Å². The second-order valence-corrected chi connectivity index (χ2v) is 4.52. The summed E-state index contributed by atoms with van der Waals surface area (Å²) in [4.78, 5) is 11.7. The predicted octanol–water partition coefficient (Wildman–Crippen LogP) is 3.00. The largest absolute Gasteiger partial charge is 0.425 e. The molecule has 3 nitrogen and oxygen atoms in total. The summed E-state index contributed by atoms with van der Waals surface area (Å²) >= 11 is 0. The third-order valence-corrected chi connectivity index (χ3v) is 3.49. The van der Waals surface area contributed by atoms with Crippen LogP contribution in [0, 0.1) is 17.2 Å². The summed E-state index contributed by atoms with van der Waals surface area (Å²) < 4.78 is 5.25. The molecular weight excluding hydrogens is 226 g/mol. The van der Waals surface area contributed by atoms with Gasteiger partial charge in [-0.25, -0.2) is 0 Å². The molecule has 0 radical (unpaired) electrons. The summed E-state index contributed by atoms with van der Waals surface area (Å²) in [7, 11) is 0. The number of hydrogen-bond donors (Lipinski definition) is 0. The molecule has 3 heteroatoms. The number of esters is 1. The summed E-state index contributed by atoms with van der Waals surface area (Å²) in [5.41, 5.74) is 0.958. The van der Waals surface area contributed by atoms with E-state index in [1.165, 1.54) is 0 Å². The Bertz CT molecular complexity index is 684. The Morgan fingerprint density at radius 2 is 2.00 bits per heavy atom. The number of nitrogens with zero attached hydrogens (tertiary/aromatic N) is 1. The van der Waals surface area contributed by atoms with E-state index in [0.29, 0.717) is 5.75 Å². The Kier molecular flexibility index (Phi) is 2.31. The van der Waals surface area contributed by atoms with E-state index in [0.717, 1.165) is 16.3 Å². The minimum absolute atomic E-state index is 0.141. The first-order valence-electron chi connectivity index (χ1n) is 5.85. The first-order valence-corrected chi connectivity index (χ1v) is 5.85. The molecule has 18 heavy (non-hydrogen) atoms. The number of nitriles is 1. The van der Waals surface area contributed by atoms with E-state index < -0.39 is 11.9 Å². The van der Waals surface area contributed by atoms with Gasteiger partial charge in [-0.2, -0.15) is 5.26 Å². The van der Waals surface area contributed by atoms with Crippen molar-refractivity contribution in [2.45, 2.75) is 12.8 Å². The van der Waals surface area contributed by atoms with E-state index in [1.807, 2.05) is 43.3 Å². The zero-order chi connectivity index (χ0) is 12.7. The molecule has 0 aliphatic carbocycles. The maximum Gasteiger partial charge on any atom is 0.329 e. The van der Waals surface area contributed by atoms with Crippen LogP contribution in [0.5, 0.6) is 5.75 Å². The van der Waals surface area contributed by atoms with Crippen LogP contribution in [-0.4, -0.2) is 5.97 Å². The Hall–Kier alpha value is -2.34. The third-order valence-electron chi connectivity index (χ3n) is 3.49. The van der Waals surface area contributed by atoms with Crippen LogP contribution in [0.1, 0.15) is 18.4 Å². The highest BCUT2D eigenvalue weighted by molar-refractivity contribution is 5.92. The molecule has 0 N–H and O–H groups in total. The Balaban J connectivity index is 2.31. The first kappa shape index (κ1) is 10.8. The van der Waals surface area contributed by atoms with Gasteiger partial charge >= 0.3 is 5.97 Å². The predicted molar refractivity (Wildman–Crippen MR) is 67.1 cm³/mol. The lowest BCUT2D eigenvalue weighted by Crippen LogP contribution is -2.29. The van der Waals surface area contributed by atoms with Crippen molar-refractivity contribution in [3.63, 3.8) is 0 Å². The molecule has 2 unspecified atom stereocenters. The monoisotopic (exact) mass is 237 g/mol. The highest BCUT2D eigenvalue weighted by atomic mass is 16.5. The summed E-state index contributed by atoms with van der Waals surface area (Å²) in [5.74, 6) is -0.730. The zero-order valence-corrected chi connectivity index (χ0v) is 9.88. The van der Waals surface area contributed by atoms with Gasteiger partial charge in [-0.15, -0.1) is 0 Å². The van der Waals surface area contributed by atoms with Gasteiger partial charge in [0.25, 0.3) is 0 Å². The van der Waals surface area contributed by atoms with Crippen LogP contribution < -0.4 is 4.74 Å². The molecule has 0 amide bonds. The molecule has 2 aromatic rings. The number of carbonyl (C=O) groups excluding carboxylic acids is 1. The van der Waals surface area contributed by atoms with Gasteiger partial charge in [-0.3, -0.25) is 4.79 Å². The highest BCUT2D eigenvalue weighted by Gasteiger charge is 2.36. The van der Waals surface area contributed by atoms with Crippen LogP contribution in [0.2, 0.25) is 0 Å². The molecular formula is C15H11NO2. The minimum atomic E-state index is -0.719. The fraction of sp³-hybridized carbons (Fsp3) is 0.200. The van der Waals surface area contributed by atoms with Crippen molar-refractivity contribution in [1.29, 1.82) is 5.26 Å². The van der Waals surface area contributed by atoms with Crippen LogP contribution in [0.3, 0.4) is 0 Å². The van der Waals surface area contributed by atoms with Crippen molar-refractivity contribution in [3.05, 3.63) is 42.0 Å². The molecule has 0 bridgehead atoms. The maximum absolute atomic E-state index is 11.7. The van der Waals surface area contributed by atoms with Crippen LogP contribution in [-0.2, 0) is 4.79 Å². The number of carbonyl (C=O) groups is 1. The van der Waals surface area contributed by atoms with Crippen molar-refractivity contribution in [3.8, 4) is 11.8 Å². The van der Waals surface area contributed by atoms with Crippen LogP contribution in [0.25, 0.3) is 10.8 Å². The zero-order valence-electron chi connectivity index (χ0n) is 9.88. The molecule has 0 spiro atoms. The van der Waals surface area contributed by atoms with Gasteiger partial charge in [0.2, 0.25) is 0 Å². The molecule has 0 fully saturated rings. The summed E-state index contributed by atoms with van der Waals surface area (Å²) in [6.07, 6.45) is 0. The second kappa shape index (κ2) is 3.85. The first-order chi connectivity index (χ1) is 8.72. The lowest BCUT2D eigenvalue weighted by atomic mass is 9.83. The van der Waals surface area contributed by atoms with Crippen LogP contribution in [0.15, 0.2) is 36.4 Å². The van der Waals surface area contributed by atoms with Crippen molar-refractivity contribution >= 4 is 16.7 Å². The Morgan fingerprint density at radius 1 is 1.22 bits per heavy atom. The summed E-state index contributed by atoms with van der Waals surface area (Å²) in [6.45, 7) is 1.90. The second-order valence-electron chi connectivity index (χ2n) is 4.52. The molecule has 0 saturated carbocycles. The van der Waals surface area contributed by atoms with Gasteiger partial charge < -0.3 is 4.74 Å². The quantitative estimate of drug-likeness (QED) is 0.522.